The van der Waals surface area contributed by atoms with E-state index >= 15 is 0 Å². The number of carbonyl (C=O) groups excluding carboxylic acids is 1. The van der Waals surface area contributed by atoms with Crippen molar-refractivity contribution >= 4 is 23.4 Å². The summed E-state index contributed by atoms with van der Waals surface area (Å²) in [6.45, 7) is 4.33. The minimum absolute atomic E-state index is 0.0363. The summed E-state index contributed by atoms with van der Waals surface area (Å²) in [5.74, 6) is 0.954. The molecule has 1 amide bonds. The average molecular weight is 492 g/mol. The van der Waals surface area contributed by atoms with Gasteiger partial charge in [0.05, 0.1) is 17.5 Å². The quantitative estimate of drug-likeness (QED) is 0.584. The Morgan fingerprint density at radius 1 is 1.06 bits per heavy atom. The summed E-state index contributed by atoms with van der Waals surface area (Å²) >= 11 is 0. The third-order valence-corrected chi connectivity index (χ3v) is 8.76. The summed E-state index contributed by atoms with van der Waals surface area (Å²) in [7, 11) is 0. The van der Waals surface area contributed by atoms with Gasteiger partial charge < -0.3 is 25.3 Å². The van der Waals surface area contributed by atoms with Crippen LogP contribution >= 0.6 is 0 Å². The molecule has 5 aliphatic rings. The highest BCUT2D eigenvalue weighted by Gasteiger charge is 2.55. The zero-order chi connectivity index (χ0) is 25.0. The number of aromatic carboxylic acids is 1. The fourth-order valence-electron chi connectivity index (χ4n) is 7.38. The Labute approximate surface area is 210 Å². The van der Waals surface area contributed by atoms with Gasteiger partial charge in [-0.2, -0.15) is 0 Å². The number of aromatic nitrogens is 2. The number of carboxylic acids is 1. The van der Waals surface area contributed by atoms with Gasteiger partial charge in [-0.3, -0.25) is 4.79 Å². The predicted octanol–water partition coefficient (Wildman–Crippen LogP) is 2.56. The van der Waals surface area contributed by atoms with Crippen LogP contribution in [0.25, 0.3) is 0 Å². The molecule has 3 atom stereocenters. The molecule has 0 spiro atoms. The van der Waals surface area contributed by atoms with E-state index in [2.05, 4.69) is 27.0 Å². The SMILES string of the molecule is C[C@@H]1CN(c2ccc(C(=O)O)nc2)CCN1c1cccc(C(=O)NC2C3CC4CC2CC(O)(C4)C3)n1. The molecule has 0 aromatic carbocycles. The summed E-state index contributed by atoms with van der Waals surface area (Å²) in [6, 6.07) is 9.22. The second-order valence-electron chi connectivity index (χ2n) is 11.3. The molecule has 4 saturated carbocycles. The Morgan fingerprint density at radius 3 is 2.47 bits per heavy atom. The Morgan fingerprint density at radius 2 is 1.83 bits per heavy atom. The smallest absolute Gasteiger partial charge is 0.354 e. The molecule has 5 fully saturated rings. The maximum absolute atomic E-state index is 13.2. The fourth-order valence-corrected chi connectivity index (χ4v) is 7.38. The minimum atomic E-state index is -1.03. The number of hydrogen-bond donors (Lipinski definition) is 3. The summed E-state index contributed by atoms with van der Waals surface area (Å²) in [5.41, 5.74) is 0.855. The molecule has 3 N–H and O–H groups in total. The lowest BCUT2D eigenvalue weighted by Gasteiger charge is -2.58. The molecule has 2 aromatic rings. The average Bonchev–Trinajstić information content (AvgIpc) is 2.85. The molecule has 9 heteroatoms. The first kappa shape index (κ1) is 23.2. The van der Waals surface area contributed by atoms with Crippen LogP contribution in [0.5, 0.6) is 0 Å². The number of carboxylic acid groups (broad SMARTS) is 1. The summed E-state index contributed by atoms with van der Waals surface area (Å²) in [4.78, 5) is 37.5. The van der Waals surface area contributed by atoms with Crippen LogP contribution in [-0.4, -0.2) is 69.4 Å². The van der Waals surface area contributed by atoms with Crippen LogP contribution in [0.2, 0.25) is 0 Å². The van der Waals surface area contributed by atoms with Crippen molar-refractivity contribution in [1.29, 1.82) is 0 Å². The van der Waals surface area contributed by atoms with Crippen molar-refractivity contribution in [2.24, 2.45) is 17.8 Å². The van der Waals surface area contributed by atoms with E-state index in [0.29, 0.717) is 23.4 Å². The number of hydrogen-bond acceptors (Lipinski definition) is 7. The van der Waals surface area contributed by atoms with Crippen LogP contribution in [0.1, 0.15) is 60.0 Å². The molecule has 9 nitrogen and oxygen atoms in total. The van der Waals surface area contributed by atoms with E-state index in [1.807, 2.05) is 12.1 Å². The molecular weight excluding hydrogens is 458 g/mol. The van der Waals surface area contributed by atoms with Crippen LogP contribution in [0.4, 0.5) is 11.5 Å². The van der Waals surface area contributed by atoms with E-state index in [1.54, 1.807) is 18.3 Å². The van der Waals surface area contributed by atoms with Gasteiger partial charge in [0.15, 0.2) is 0 Å². The predicted molar refractivity (Wildman–Crippen MR) is 134 cm³/mol. The van der Waals surface area contributed by atoms with E-state index in [4.69, 9.17) is 10.1 Å². The van der Waals surface area contributed by atoms with E-state index in [-0.39, 0.29) is 23.7 Å². The fraction of sp³-hybridized carbons (Fsp3) is 0.556. The van der Waals surface area contributed by atoms with Crippen molar-refractivity contribution < 1.29 is 19.8 Å². The first-order valence-corrected chi connectivity index (χ1v) is 13.0. The highest BCUT2D eigenvalue weighted by atomic mass is 16.4. The van der Waals surface area contributed by atoms with Crippen molar-refractivity contribution in [2.45, 2.75) is 56.7 Å². The molecule has 3 heterocycles. The molecule has 4 bridgehead atoms. The lowest BCUT2D eigenvalue weighted by Crippen LogP contribution is -2.61. The zero-order valence-corrected chi connectivity index (χ0v) is 20.5. The molecule has 4 aliphatic carbocycles. The Bertz CT molecular complexity index is 1160. The first-order chi connectivity index (χ1) is 17.3. The lowest BCUT2D eigenvalue weighted by molar-refractivity contribution is -0.136. The van der Waals surface area contributed by atoms with Gasteiger partial charge in [-0.05, 0) is 81.0 Å². The highest BCUT2D eigenvalue weighted by molar-refractivity contribution is 5.93. The van der Waals surface area contributed by atoms with E-state index < -0.39 is 11.6 Å². The van der Waals surface area contributed by atoms with Gasteiger partial charge in [-0.1, -0.05) is 6.07 Å². The number of nitrogens with zero attached hydrogens (tertiary/aromatic N) is 4. The zero-order valence-electron chi connectivity index (χ0n) is 20.5. The van der Waals surface area contributed by atoms with Gasteiger partial charge >= 0.3 is 5.97 Å². The van der Waals surface area contributed by atoms with Gasteiger partial charge in [0.2, 0.25) is 0 Å². The third kappa shape index (κ3) is 4.19. The Balaban J connectivity index is 1.11. The molecule has 1 aliphatic heterocycles. The van der Waals surface area contributed by atoms with E-state index in [1.165, 1.54) is 6.07 Å². The van der Waals surface area contributed by atoms with Crippen molar-refractivity contribution in [3.63, 3.8) is 0 Å². The maximum atomic E-state index is 13.2. The standard InChI is InChI=1S/C27H33N5O4/c1-16-15-31(20-5-6-22(26(34)35)28-14-20)7-8-32(16)23-4-2-3-21(29-23)25(33)30-24-18-9-17-10-19(24)13-27(36,11-17)12-18/h2-6,14,16-19,24,36H,7-13,15H2,1H3,(H,30,33)(H,34,35)/t16-,17?,18?,19?,24?,27?/m1/s1. The highest BCUT2D eigenvalue weighted by Crippen LogP contribution is 2.55. The van der Waals surface area contributed by atoms with Gasteiger partial charge in [-0.15, -0.1) is 0 Å². The summed E-state index contributed by atoms with van der Waals surface area (Å²) < 4.78 is 0. The minimum Gasteiger partial charge on any atom is -0.477 e. The van der Waals surface area contributed by atoms with Gasteiger partial charge in [-0.25, -0.2) is 14.8 Å². The molecule has 0 radical (unpaired) electrons. The van der Waals surface area contributed by atoms with Crippen LogP contribution in [0.3, 0.4) is 0 Å². The van der Waals surface area contributed by atoms with Crippen molar-refractivity contribution in [2.75, 3.05) is 29.4 Å². The lowest BCUT2D eigenvalue weighted by atomic mass is 9.52. The monoisotopic (exact) mass is 491 g/mol. The number of piperazine rings is 1. The number of aliphatic hydroxyl groups is 1. The van der Waals surface area contributed by atoms with Crippen LogP contribution in [-0.2, 0) is 0 Å². The van der Waals surface area contributed by atoms with Crippen LogP contribution in [0, 0.1) is 17.8 Å². The van der Waals surface area contributed by atoms with Gasteiger partial charge in [0, 0.05) is 31.7 Å². The van der Waals surface area contributed by atoms with E-state index in [0.717, 1.165) is 63.2 Å². The molecular formula is C27H33N5O4. The maximum Gasteiger partial charge on any atom is 0.354 e. The number of nitrogens with one attached hydrogen (secondary N) is 1. The molecule has 36 heavy (non-hydrogen) atoms. The van der Waals surface area contributed by atoms with Gasteiger partial charge in [0.1, 0.15) is 17.2 Å². The van der Waals surface area contributed by atoms with E-state index in [9.17, 15) is 14.7 Å². The Kier molecular flexibility index (Phi) is 5.63. The molecule has 2 unspecified atom stereocenters. The summed E-state index contributed by atoms with van der Waals surface area (Å²) in [5, 5.41) is 23.2. The largest absolute Gasteiger partial charge is 0.477 e. The first-order valence-electron chi connectivity index (χ1n) is 13.0. The van der Waals surface area contributed by atoms with Crippen LogP contribution < -0.4 is 15.1 Å². The van der Waals surface area contributed by atoms with Crippen LogP contribution in [0.15, 0.2) is 36.5 Å². The van der Waals surface area contributed by atoms with Gasteiger partial charge in [0.25, 0.3) is 5.91 Å². The number of amides is 1. The topological polar surface area (TPSA) is 119 Å². The van der Waals surface area contributed by atoms with Crippen molar-refractivity contribution in [3.05, 3.63) is 47.9 Å². The molecule has 7 rings (SSSR count). The molecule has 1 saturated heterocycles. The Hall–Kier alpha value is -3.20. The second kappa shape index (κ2) is 8.73. The number of anilines is 2. The number of carbonyl (C=O) groups is 2. The normalized spacial score (nSPS) is 33.0. The van der Waals surface area contributed by atoms with Crippen molar-refractivity contribution in [3.8, 4) is 0 Å². The number of rotatable bonds is 5. The molecule has 2 aromatic heterocycles. The summed E-state index contributed by atoms with van der Waals surface area (Å²) in [6.07, 6.45) is 6.35. The van der Waals surface area contributed by atoms with Crippen molar-refractivity contribution in [1.82, 2.24) is 15.3 Å². The molecule has 190 valence electrons. The second-order valence-corrected chi connectivity index (χ2v) is 11.3. The third-order valence-electron chi connectivity index (χ3n) is 8.76. The number of pyridine rings is 2.